The summed E-state index contributed by atoms with van der Waals surface area (Å²) in [5.74, 6) is 0.733. The van der Waals surface area contributed by atoms with Gasteiger partial charge in [0.15, 0.2) is 0 Å². The molecule has 0 radical (unpaired) electrons. The fourth-order valence-corrected chi connectivity index (χ4v) is 2.49. The molecule has 0 saturated carbocycles. The van der Waals surface area contributed by atoms with Crippen molar-refractivity contribution in [2.24, 2.45) is 0 Å². The minimum Gasteiger partial charge on any atom is -0.347 e. The minimum absolute atomic E-state index is 0.0304. The lowest BCUT2D eigenvalue weighted by atomic mass is 10.0. The number of nitrogens with one attached hydrogen (secondary N) is 2. The van der Waals surface area contributed by atoms with E-state index in [1.807, 2.05) is 0 Å². The number of hydrogen-bond donors (Lipinski definition) is 2. The molecule has 1 aromatic rings. The van der Waals surface area contributed by atoms with Crippen LogP contribution in [-0.2, 0) is 11.3 Å². The number of imidazole rings is 1. The molecule has 21 heavy (non-hydrogen) atoms. The maximum Gasteiger partial charge on any atom is 0.318 e. The van der Waals surface area contributed by atoms with Gasteiger partial charge < -0.3 is 20.1 Å². The van der Waals surface area contributed by atoms with Crippen molar-refractivity contribution >= 4 is 11.9 Å². The van der Waals surface area contributed by atoms with Crippen LogP contribution in [-0.4, -0.2) is 57.9 Å². The number of nitrogens with zero attached hydrogens (tertiary/aromatic N) is 3. The van der Waals surface area contributed by atoms with Gasteiger partial charge >= 0.3 is 6.03 Å². The zero-order valence-electron chi connectivity index (χ0n) is 12.6. The van der Waals surface area contributed by atoms with E-state index < -0.39 is 0 Å². The normalized spacial score (nSPS) is 19.0. The summed E-state index contributed by atoms with van der Waals surface area (Å²) in [6, 6.07) is -0.547. The SMILES string of the molecule is CCCC[C@@H]1C(=O)N(C)CCN1C(=O)NCc1ncc[nH]1. The molecule has 3 amide bonds. The topological polar surface area (TPSA) is 81.3 Å². The van der Waals surface area contributed by atoms with Crippen molar-refractivity contribution in [1.82, 2.24) is 25.1 Å². The van der Waals surface area contributed by atoms with Crippen LogP contribution in [0.15, 0.2) is 12.4 Å². The number of likely N-dealkylation sites (N-methyl/N-ethyl adjacent to an activating group) is 1. The Bertz CT molecular complexity index is 474. The molecule has 1 aliphatic heterocycles. The predicted octanol–water partition coefficient (Wildman–Crippen LogP) is 0.952. The number of amides is 3. The maximum absolute atomic E-state index is 12.3. The first-order valence-corrected chi connectivity index (χ1v) is 7.41. The highest BCUT2D eigenvalue weighted by molar-refractivity contribution is 5.88. The summed E-state index contributed by atoms with van der Waals surface area (Å²) < 4.78 is 0. The molecule has 2 N–H and O–H groups in total. The second kappa shape index (κ2) is 7.10. The molecular formula is C14H23N5O2. The average molecular weight is 293 g/mol. The standard InChI is InChI=1S/C14H23N5O2/c1-3-4-5-11-13(20)18(2)8-9-19(11)14(21)17-10-12-15-6-7-16-12/h6-7,11H,3-5,8-10H2,1-2H3,(H,15,16)(H,17,21)/t11-/m1/s1. The lowest BCUT2D eigenvalue weighted by molar-refractivity contribution is -0.138. The first-order chi connectivity index (χ1) is 10.1. The summed E-state index contributed by atoms with van der Waals surface area (Å²) in [6.07, 6.45) is 6.02. The number of hydrogen-bond acceptors (Lipinski definition) is 3. The van der Waals surface area contributed by atoms with Gasteiger partial charge in [0, 0.05) is 32.5 Å². The van der Waals surface area contributed by atoms with Gasteiger partial charge in [0.05, 0.1) is 6.54 Å². The Kier molecular flexibility index (Phi) is 5.19. The molecule has 1 aliphatic rings. The van der Waals surface area contributed by atoms with Crippen LogP contribution >= 0.6 is 0 Å². The van der Waals surface area contributed by atoms with Crippen LogP contribution in [0.3, 0.4) is 0 Å². The summed E-state index contributed by atoms with van der Waals surface area (Å²) in [7, 11) is 1.79. The third-order valence-corrected chi connectivity index (χ3v) is 3.77. The number of urea groups is 1. The van der Waals surface area contributed by atoms with E-state index in [9.17, 15) is 9.59 Å². The quantitative estimate of drug-likeness (QED) is 0.848. The number of rotatable bonds is 5. The fourth-order valence-electron chi connectivity index (χ4n) is 2.49. The number of unbranched alkanes of at least 4 members (excludes halogenated alkanes) is 1. The van der Waals surface area contributed by atoms with Gasteiger partial charge in [-0.05, 0) is 6.42 Å². The molecule has 0 spiro atoms. The van der Waals surface area contributed by atoms with Crippen LogP contribution in [0.25, 0.3) is 0 Å². The van der Waals surface area contributed by atoms with Gasteiger partial charge in [-0.1, -0.05) is 19.8 Å². The van der Waals surface area contributed by atoms with Gasteiger partial charge in [0.1, 0.15) is 11.9 Å². The van der Waals surface area contributed by atoms with Gasteiger partial charge in [-0.3, -0.25) is 4.79 Å². The lowest BCUT2D eigenvalue weighted by Crippen LogP contribution is -2.59. The van der Waals surface area contributed by atoms with Crippen LogP contribution in [0.5, 0.6) is 0 Å². The molecule has 2 heterocycles. The molecule has 1 saturated heterocycles. The number of aromatic nitrogens is 2. The summed E-state index contributed by atoms with van der Waals surface area (Å²) in [5, 5.41) is 2.82. The van der Waals surface area contributed by atoms with Gasteiger partial charge in [-0.15, -0.1) is 0 Å². The fraction of sp³-hybridized carbons (Fsp3) is 0.643. The number of H-pyrrole nitrogens is 1. The van der Waals surface area contributed by atoms with Crippen molar-refractivity contribution in [3.05, 3.63) is 18.2 Å². The maximum atomic E-state index is 12.3. The van der Waals surface area contributed by atoms with Crippen molar-refractivity contribution in [2.45, 2.75) is 38.8 Å². The van der Waals surface area contributed by atoms with Crippen molar-refractivity contribution in [2.75, 3.05) is 20.1 Å². The first-order valence-electron chi connectivity index (χ1n) is 7.41. The van der Waals surface area contributed by atoms with Gasteiger partial charge in [-0.2, -0.15) is 0 Å². The molecule has 0 bridgehead atoms. The number of carbonyl (C=O) groups excluding carboxylic acids is 2. The molecule has 2 rings (SSSR count). The molecule has 1 aromatic heterocycles. The van der Waals surface area contributed by atoms with E-state index in [1.54, 1.807) is 29.2 Å². The Morgan fingerprint density at radius 2 is 2.33 bits per heavy atom. The second-order valence-electron chi connectivity index (χ2n) is 5.31. The molecular weight excluding hydrogens is 270 g/mol. The van der Waals surface area contributed by atoms with E-state index in [2.05, 4.69) is 22.2 Å². The molecule has 1 atom stereocenters. The zero-order valence-corrected chi connectivity index (χ0v) is 12.6. The Morgan fingerprint density at radius 3 is 3.00 bits per heavy atom. The summed E-state index contributed by atoms with van der Waals surface area (Å²) in [6.45, 7) is 3.57. The number of piperazine rings is 1. The summed E-state index contributed by atoms with van der Waals surface area (Å²) in [4.78, 5) is 34.9. The van der Waals surface area contributed by atoms with E-state index >= 15 is 0 Å². The minimum atomic E-state index is -0.347. The predicted molar refractivity (Wildman–Crippen MR) is 78.5 cm³/mol. The van der Waals surface area contributed by atoms with E-state index in [1.165, 1.54) is 0 Å². The summed E-state index contributed by atoms with van der Waals surface area (Å²) in [5.41, 5.74) is 0. The highest BCUT2D eigenvalue weighted by Crippen LogP contribution is 2.16. The van der Waals surface area contributed by atoms with E-state index in [4.69, 9.17) is 0 Å². The number of aromatic amines is 1. The molecule has 0 unspecified atom stereocenters. The Morgan fingerprint density at radius 1 is 1.52 bits per heavy atom. The van der Waals surface area contributed by atoms with Crippen LogP contribution in [0.1, 0.15) is 32.0 Å². The molecule has 7 nitrogen and oxygen atoms in total. The Hall–Kier alpha value is -2.05. The van der Waals surface area contributed by atoms with E-state index in [0.29, 0.717) is 31.9 Å². The third-order valence-electron chi connectivity index (χ3n) is 3.77. The van der Waals surface area contributed by atoms with Crippen molar-refractivity contribution in [1.29, 1.82) is 0 Å². The third kappa shape index (κ3) is 3.74. The van der Waals surface area contributed by atoms with Crippen molar-refractivity contribution < 1.29 is 9.59 Å². The van der Waals surface area contributed by atoms with Gasteiger partial charge in [0.25, 0.3) is 0 Å². The molecule has 1 fully saturated rings. The first kappa shape index (κ1) is 15.3. The van der Waals surface area contributed by atoms with Crippen molar-refractivity contribution in [3.63, 3.8) is 0 Å². The Balaban J connectivity index is 1.97. The van der Waals surface area contributed by atoms with Crippen LogP contribution in [0, 0.1) is 0 Å². The lowest BCUT2D eigenvalue weighted by Gasteiger charge is -2.39. The van der Waals surface area contributed by atoms with Crippen LogP contribution in [0.4, 0.5) is 4.79 Å². The monoisotopic (exact) mass is 293 g/mol. The zero-order chi connectivity index (χ0) is 15.2. The molecule has 0 aliphatic carbocycles. The highest BCUT2D eigenvalue weighted by atomic mass is 16.2. The molecule has 116 valence electrons. The highest BCUT2D eigenvalue weighted by Gasteiger charge is 2.35. The van der Waals surface area contributed by atoms with Crippen molar-refractivity contribution in [3.8, 4) is 0 Å². The van der Waals surface area contributed by atoms with Gasteiger partial charge in [-0.25, -0.2) is 9.78 Å². The number of carbonyl (C=O) groups is 2. The largest absolute Gasteiger partial charge is 0.347 e. The molecule has 0 aromatic carbocycles. The smallest absolute Gasteiger partial charge is 0.318 e. The van der Waals surface area contributed by atoms with E-state index in [-0.39, 0.29) is 18.0 Å². The molecule has 7 heteroatoms. The van der Waals surface area contributed by atoms with Gasteiger partial charge in [0.2, 0.25) is 5.91 Å². The van der Waals surface area contributed by atoms with Crippen LogP contribution < -0.4 is 5.32 Å². The second-order valence-corrected chi connectivity index (χ2v) is 5.31. The average Bonchev–Trinajstić information content (AvgIpc) is 2.99. The Labute approximate surface area is 124 Å². The van der Waals surface area contributed by atoms with E-state index in [0.717, 1.165) is 12.8 Å². The summed E-state index contributed by atoms with van der Waals surface area (Å²) >= 11 is 0. The van der Waals surface area contributed by atoms with Crippen LogP contribution in [0.2, 0.25) is 0 Å².